The molecule has 0 bridgehead atoms. The van der Waals surface area contributed by atoms with Crippen LogP contribution in [0.2, 0.25) is 0 Å². The highest BCUT2D eigenvalue weighted by atomic mass is 16.6. The van der Waals surface area contributed by atoms with E-state index in [1.165, 1.54) is 36.5 Å². The van der Waals surface area contributed by atoms with Gasteiger partial charge in [0, 0.05) is 13.2 Å². The smallest absolute Gasteiger partial charge is 0.360 e. The molecule has 0 aliphatic heterocycles. The van der Waals surface area contributed by atoms with Crippen molar-refractivity contribution in [3.8, 4) is 0 Å². The summed E-state index contributed by atoms with van der Waals surface area (Å²) in [5.41, 5.74) is 0.220. The van der Waals surface area contributed by atoms with Gasteiger partial charge in [-0.2, -0.15) is 10.2 Å². The van der Waals surface area contributed by atoms with Crippen molar-refractivity contribution >= 4 is 23.3 Å². The minimum atomic E-state index is -0.829. The Bertz CT molecular complexity index is 808. The Labute approximate surface area is 136 Å². The summed E-state index contributed by atoms with van der Waals surface area (Å²) in [5.74, 6) is -1.20. The highest BCUT2D eigenvalue weighted by Crippen LogP contribution is 2.22. The molecule has 128 valence electrons. The fraction of sp³-hybridized carbons (Fsp3) is 0.385. The number of aryl methyl sites for hydroxylation is 1. The Morgan fingerprint density at radius 1 is 1.46 bits per heavy atom. The van der Waals surface area contributed by atoms with Crippen LogP contribution in [0.15, 0.2) is 12.4 Å². The van der Waals surface area contributed by atoms with Gasteiger partial charge in [-0.05, 0) is 13.8 Å². The van der Waals surface area contributed by atoms with Crippen LogP contribution in [0.1, 0.15) is 29.1 Å². The van der Waals surface area contributed by atoms with Gasteiger partial charge in [0.05, 0.1) is 17.7 Å². The highest BCUT2D eigenvalue weighted by Gasteiger charge is 2.26. The molecule has 0 spiro atoms. The molecular formula is C13H16N6O5. The second-order valence-corrected chi connectivity index (χ2v) is 5.04. The third-order valence-electron chi connectivity index (χ3n) is 3.43. The van der Waals surface area contributed by atoms with E-state index in [0.29, 0.717) is 0 Å². The maximum atomic E-state index is 12.4. The van der Waals surface area contributed by atoms with Gasteiger partial charge in [-0.1, -0.05) is 0 Å². The third kappa shape index (κ3) is 3.09. The standard InChI is InChI=1S/C13H16N6O5/c1-7-10(19(22)23)5-14-18(7)8(2)12(20)15-9-6-17(3)16-11(9)13(21)24-4/h5-6,8H,1-4H3,(H,15,20). The zero-order chi connectivity index (χ0) is 18.0. The average Bonchev–Trinajstić information content (AvgIpc) is 3.08. The molecule has 1 N–H and O–H groups in total. The molecule has 0 saturated carbocycles. The van der Waals surface area contributed by atoms with Crippen molar-refractivity contribution in [1.29, 1.82) is 0 Å². The first kappa shape index (κ1) is 17.1. The van der Waals surface area contributed by atoms with Crippen LogP contribution in [0.3, 0.4) is 0 Å². The number of methoxy groups -OCH3 is 1. The van der Waals surface area contributed by atoms with Crippen molar-refractivity contribution in [1.82, 2.24) is 19.6 Å². The fourth-order valence-electron chi connectivity index (χ4n) is 2.16. The van der Waals surface area contributed by atoms with Gasteiger partial charge in [-0.15, -0.1) is 0 Å². The second kappa shape index (κ2) is 6.48. The SMILES string of the molecule is COC(=O)c1nn(C)cc1NC(=O)C(C)n1ncc([N+](=O)[O-])c1C. The Morgan fingerprint density at radius 3 is 2.67 bits per heavy atom. The van der Waals surface area contributed by atoms with Crippen LogP contribution in [-0.4, -0.2) is 43.5 Å². The molecule has 2 rings (SSSR count). The number of anilines is 1. The zero-order valence-corrected chi connectivity index (χ0v) is 13.5. The monoisotopic (exact) mass is 336 g/mol. The van der Waals surface area contributed by atoms with Crippen molar-refractivity contribution in [2.75, 3.05) is 12.4 Å². The molecule has 1 atom stereocenters. The van der Waals surface area contributed by atoms with Gasteiger partial charge in [0.25, 0.3) is 0 Å². The number of hydrogen-bond acceptors (Lipinski definition) is 7. The first-order valence-electron chi connectivity index (χ1n) is 6.87. The number of nitrogens with one attached hydrogen (secondary N) is 1. The van der Waals surface area contributed by atoms with Crippen LogP contribution in [0.5, 0.6) is 0 Å². The van der Waals surface area contributed by atoms with E-state index in [4.69, 9.17) is 0 Å². The minimum Gasteiger partial charge on any atom is -0.464 e. The van der Waals surface area contributed by atoms with Gasteiger partial charge in [-0.3, -0.25) is 24.3 Å². The van der Waals surface area contributed by atoms with Crippen LogP contribution in [0.4, 0.5) is 11.4 Å². The summed E-state index contributed by atoms with van der Waals surface area (Å²) in [6, 6.07) is -0.829. The van der Waals surface area contributed by atoms with Crippen LogP contribution >= 0.6 is 0 Å². The molecule has 0 aliphatic rings. The summed E-state index contributed by atoms with van der Waals surface area (Å²) in [6.07, 6.45) is 2.54. The number of carbonyl (C=O) groups is 2. The van der Waals surface area contributed by atoms with Crippen molar-refractivity contribution < 1.29 is 19.2 Å². The lowest BCUT2D eigenvalue weighted by Gasteiger charge is -2.13. The van der Waals surface area contributed by atoms with E-state index in [1.54, 1.807) is 7.05 Å². The van der Waals surface area contributed by atoms with Gasteiger partial charge < -0.3 is 10.1 Å². The van der Waals surface area contributed by atoms with E-state index in [2.05, 4.69) is 20.3 Å². The number of esters is 1. The van der Waals surface area contributed by atoms with Crippen LogP contribution < -0.4 is 5.32 Å². The van der Waals surface area contributed by atoms with Crippen molar-refractivity contribution in [2.24, 2.45) is 7.05 Å². The van der Waals surface area contributed by atoms with E-state index >= 15 is 0 Å². The van der Waals surface area contributed by atoms with Gasteiger partial charge in [0.15, 0.2) is 5.69 Å². The first-order chi connectivity index (χ1) is 11.3. The van der Waals surface area contributed by atoms with Gasteiger partial charge in [-0.25, -0.2) is 4.79 Å². The average molecular weight is 336 g/mol. The summed E-state index contributed by atoms with van der Waals surface area (Å²) in [4.78, 5) is 34.3. The number of nitrogens with zero attached hydrogens (tertiary/aromatic N) is 5. The molecule has 0 aromatic carbocycles. The molecule has 2 aromatic heterocycles. The number of nitro groups is 1. The number of amides is 1. The van der Waals surface area contributed by atoms with E-state index < -0.39 is 22.8 Å². The summed E-state index contributed by atoms with van der Waals surface area (Å²) in [7, 11) is 2.80. The quantitative estimate of drug-likeness (QED) is 0.485. The number of aromatic nitrogens is 4. The maximum Gasteiger partial charge on any atom is 0.360 e. The number of carbonyl (C=O) groups excluding carboxylic acids is 2. The number of rotatable bonds is 5. The molecule has 24 heavy (non-hydrogen) atoms. The summed E-state index contributed by atoms with van der Waals surface area (Å²) >= 11 is 0. The molecule has 1 unspecified atom stereocenters. The number of hydrogen-bond donors (Lipinski definition) is 1. The van der Waals surface area contributed by atoms with Gasteiger partial charge in [0.1, 0.15) is 17.9 Å². The third-order valence-corrected chi connectivity index (χ3v) is 3.43. The minimum absolute atomic E-state index is 0.0382. The molecule has 11 nitrogen and oxygen atoms in total. The summed E-state index contributed by atoms with van der Waals surface area (Å²) < 4.78 is 7.20. The lowest BCUT2D eigenvalue weighted by Crippen LogP contribution is -2.26. The lowest BCUT2D eigenvalue weighted by atomic mass is 10.2. The molecule has 0 saturated heterocycles. The normalized spacial score (nSPS) is 11.8. The highest BCUT2D eigenvalue weighted by molar-refractivity contribution is 6.00. The summed E-state index contributed by atoms with van der Waals surface area (Å²) in [6.45, 7) is 3.03. The largest absolute Gasteiger partial charge is 0.464 e. The molecule has 2 aromatic rings. The Hall–Kier alpha value is -3.24. The van der Waals surface area contributed by atoms with Crippen LogP contribution in [0.25, 0.3) is 0 Å². The van der Waals surface area contributed by atoms with Crippen LogP contribution in [0, 0.1) is 17.0 Å². The molecule has 0 fully saturated rings. The zero-order valence-electron chi connectivity index (χ0n) is 13.5. The van der Waals surface area contributed by atoms with Crippen molar-refractivity contribution in [3.05, 3.63) is 33.9 Å². The topological polar surface area (TPSA) is 134 Å². The molecule has 0 radical (unpaired) electrons. The number of ether oxygens (including phenoxy) is 1. The van der Waals surface area contributed by atoms with E-state index in [0.717, 1.165) is 6.20 Å². The van der Waals surface area contributed by atoms with E-state index in [1.807, 2.05) is 0 Å². The van der Waals surface area contributed by atoms with Gasteiger partial charge in [0.2, 0.25) is 5.91 Å². The van der Waals surface area contributed by atoms with Crippen molar-refractivity contribution in [2.45, 2.75) is 19.9 Å². The Morgan fingerprint density at radius 2 is 2.12 bits per heavy atom. The molecule has 2 heterocycles. The second-order valence-electron chi connectivity index (χ2n) is 5.04. The molecule has 0 aliphatic carbocycles. The molecule has 11 heteroatoms. The predicted molar refractivity (Wildman–Crippen MR) is 81.5 cm³/mol. The van der Waals surface area contributed by atoms with Crippen LogP contribution in [-0.2, 0) is 16.6 Å². The fourth-order valence-corrected chi connectivity index (χ4v) is 2.16. The van der Waals surface area contributed by atoms with Gasteiger partial charge >= 0.3 is 11.7 Å². The van der Waals surface area contributed by atoms with Crippen molar-refractivity contribution in [3.63, 3.8) is 0 Å². The summed E-state index contributed by atoms with van der Waals surface area (Å²) in [5, 5.41) is 21.2. The molecular weight excluding hydrogens is 320 g/mol. The lowest BCUT2D eigenvalue weighted by molar-refractivity contribution is -0.385. The Balaban J connectivity index is 2.24. The first-order valence-corrected chi connectivity index (χ1v) is 6.87. The van der Waals surface area contributed by atoms with E-state index in [-0.39, 0.29) is 22.8 Å². The predicted octanol–water partition coefficient (Wildman–Crippen LogP) is 0.820. The van der Waals surface area contributed by atoms with E-state index in [9.17, 15) is 19.7 Å². The Kier molecular flexibility index (Phi) is 4.62. The molecule has 1 amide bonds. The maximum absolute atomic E-state index is 12.4.